The summed E-state index contributed by atoms with van der Waals surface area (Å²) in [6.45, 7) is 20.3. The third kappa shape index (κ3) is 6.54. The highest BCUT2D eigenvalue weighted by Gasteiger charge is 2.29. The minimum atomic E-state index is -0.0715. The second kappa shape index (κ2) is 14.8. The van der Waals surface area contributed by atoms with Crippen LogP contribution < -0.4 is 0 Å². The highest BCUT2D eigenvalue weighted by atomic mass is 15.2. The molecule has 0 unspecified atom stereocenters. The Morgan fingerprint density at radius 2 is 0.791 bits per heavy atom. The monoisotopic (exact) mass is 868 g/mol. The zero-order valence-corrected chi connectivity index (χ0v) is 39.6. The normalized spacial score (nSPS) is 12.5. The molecule has 11 rings (SSSR count). The fourth-order valence-electron chi connectivity index (χ4n) is 10.2. The summed E-state index contributed by atoms with van der Waals surface area (Å²) in [6.07, 6.45) is 0. The molecule has 0 saturated carbocycles. The molecule has 0 amide bonds. The van der Waals surface area contributed by atoms with Gasteiger partial charge in [0.15, 0.2) is 5.82 Å². The van der Waals surface area contributed by atoms with Crippen molar-refractivity contribution in [1.82, 2.24) is 18.7 Å². The summed E-state index contributed by atoms with van der Waals surface area (Å²) in [6, 6.07) is 58.9. The fraction of sp³-hybridized carbons (Fsp3) is 0.197. The van der Waals surface area contributed by atoms with E-state index in [9.17, 15) is 10.5 Å². The highest BCUT2D eigenvalue weighted by molar-refractivity contribution is 6.13. The molecule has 0 radical (unpaired) electrons. The van der Waals surface area contributed by atoms with E-state index < -0.39 is 0 Å². The van der Waals surface area contributed by atoms with E-state index in [0.29, 0.717) is 11.1 Å². The number of pyridine rings is 1. The van der Waals surface area contributed by atoms with Crippen LogP contribution in [0.2, 0.25) is 0 Å². The van der Waals surface area contributed by atoms with Crippen LogP contribution >= 0.6 is 0 Å². The molecule has 11 aromatic rings. The summed E-state index contributed by atoms with van der Waals surface area (Å²) in [7, 11) is 0. The van der Waals surface area contributed by atoms with Gasteiger partial charge in [-0.2, -0.15) is 10.5 Å². The Morgan fingerprint density at radius 3 is 1.25 bits per heavy atom. The van der Waals surface area contributed by atoms with Gasteiger partial charge in [0.1, 0.15) is 18.0 Å². The Morgan fingerprint density at radius 1 is 0.388 bits per heavy atom. The smallest absolute Gasteiger partial charge is 0.165 e. The number of para-hydroxylation sites is 3. The fourth-order valence-corrected chi connectivity index (χ4v) is 10.2. The lowest BCUT2D eigenvalue weighted by Gasteiger charge is -2.23. The minimum Gasteiger partial charge on any atom is -0.305 e. The first-order valence-corrected chi connectivity index (χ1v) is 23.2. The molecule has 0 bridgehead atoms. The molecule has 0 aliphatic rings. The van der Waals surface area contributed by atoms with E-state index in [1.165, 1.54) is 16.7 Å². The van der Waals surface area contributed by atoms with E-state index >= 15 is 0 Å². The van der Waals surface area contributed by atoms with Crippen molar-refractivity contribution in [3.05, 3.63) is 179 Å². The van der Waals surface area contributed by atoms with Crippen molar-refractivity contribution in [3.8, 4) is 40.6 Å². The van der Waals surface area contributed by atoms with Gasteiger partial charge < -0.3 is 4.57 Å². The molecular formula is C61H52N6. The summed E-state index contributed by atoms with van der Waals surface area (Å²) < 4.78 is 7.04. The standard InChI is InChI=1S/C61H52N6/c1-59(2,3)40-24-27-53-47(31-40)43-16-10-13-19-50(43)65(53)56-34-46(37-22-23-38(35-62)39(30-37)36-63)57(66-51-20-14-11-17-44(51)48-32-41(60(4,5)6)25-28-54(48)66)58(64-56)67-52-21-15-12-18-45(52)49-33-42(61(7,8)9)26-29-55(49)67/h10-34H,1-9H3. The average molecular weight is 869 g/mol. The van der Waals surface area contributed by atoms with Gasteiger partial charge in [-0.3, -0.25) is 9.13 Å². The van der Waals surface area contributed by atoms with Crippen molar-refractivity contribution in [3.63, 3.8) is 0 Å². The van der Waals surface area contributed by atoms with Crippen LogP contribution in [0.3, 0.4) is 0 Å². The molecule has 0 N–H and O–H groups in total. The molecule has 326 valence electrons. The molecule has 6 heteroatoms. The van der Waals surface area contributed by atoms with Gasteiger partial charge in [0.05, 0.1) is 49.9 Å². The van der Waals surface area contributed by atoms with Gasteiger partial charge in [-0.1, -0.05) is 141 Å². The first-order valence-electron chi connectivity index (χ1n) is 23.2. The lowest BCUT2D eigenvalue weighted by molar-refractivity contribution is 0.591. The Kier molecular flexibility index (Phi) is 9.22. The van der Waals surface area contributed by atoms with Gasteiger partial charge in [0.2, 0.25) is 0 Å². The molecule has 4 aromatic heterocycles. The zero-order chi connectivity index (χ0) is 46.7. The number of fused-ring (bicyclic) bond motifs is 9. The summed E-state index contributed by atoms with van der Waals surface area (Å²) >= 11 is 0. The van der Waals surface area contributed by atoms with Crippen LogP contribution in [0.25, 0.3) is 93.9 Å². The van der Waals surface area contributed by atoms with Crippen LogP contribution in [0.1, 0.15) is 90.1 Å². The third-order valence-corrected chi connectivity index (χ3v) is 13.8. The highest BCUT2D eigenvalue weighted by Crippen LogP contribution is 2.45. The summed E-state index contributed by atoms with van der Waals surface area (Å²) in [5, 5.41) is 27.6. The first kappa shape index (κ1) is 41.8. The first-order chi connectivity index (χ1) is 32.0. The quantitative estimate of drug-likeness (QED) is 0.177. The Hall–Kier alpha value is -7.93. The van der Waals surface area contributed by atoms with Crippen molar-refractivity contribution in [2.24, 2.45) is 0 Å². The molecule has 0 saturated heterocycles. The van der Waals surface area contributed by atoms with Gasteiger partial charge in [-0.15, -0.1) is 0 Å². The Labute approximate surface area is 391 Å². The molecule has 6 nitrogen and oxygen atoms in total. The Bertz CT molecular complexity index is 3950. The average Bonchev–Trinajstić information content (AvgIpc) is 3.95. The number of aromatic nitrogens is 4. The number of nitriles is 2. The van der Waals surface area contributed by atoms with Crippen molar-refractivity contribution < 1.29 is 0 Å². The minimum absolute atomic E-state index is 0.0506. The molecule has 4 heterocycles. The second-order valence-electron chi connectivity index (χ2n) is 21.2. The van der Waals surface area contributed by atoms with Crippen molar-refractivity contribution in [2.75, 3.05) is 0 Å². The lowest BCUT2D eigenvalue weighted by Crippen LogP contribution is -2.12. The van der Waals surface area contributed by atoms with Crippen molar-refractivity contribution in [1.29, 1.82) is 10.5 Å². The maximum atomic E-state index is 10.6. The zero-order valence-electron chi connectivity index (χ0n) is 39.6. The molecule has 0 spiro atoms. The van der Waals surface area contributed by atoms with Crippen LogP contribution in [0.15, 0.2) is 152 Å². The number of nitrogens with zero attached hydrogens (tertiary/aromatic N) is 6. The van der Waals surface area contributed by atoms with E-state index in [4.69, 9.17) is 4.98 Å². The second-order valence-corrected chi connectivity index (χ2v) is 21.2. The number of hydrogen-bond acceptors (Lipinski definition) is 3. The molecular weight excluding hydrogens is 817 g/mol. The van der Waals surface area contributed by atoms with Gasteiger partial charge in [-0.25, -0.2) is 4.98 Å². The topological polar surface area (TPSA) is 75.3 Å². The van der Waals surface area contributed by atoms with Crippen LogP contribution in [-0.4, -0.2) is 18.7 Å². The van der Waals surface area contributed by atoms with Crippen LogP contribution in [0.4, 0.5) is 0 Å². The summed E-state index contributed by atoms with van der Waals surface area (Å²) in [5.74, 6) is 1.48. The maximum absolute atomic E-state index is 10.6. The molecule has 0 aliphatic heterocycles. The largest absolute Gasteiger partial charge is 0.305 e. The van der Waals surface area contributed by atoms with Crippen LogP contribution in [0.5, 0.6) is 0 Å². The SMILES string of the molecule is CC(C)(C)c1ccc2c(c1)c1ccccc1n2-c1cc(-c2ccc(C#N)c(C#N)c2)c(-n2c3ccccc3c3cc(C(C)(C)C)ccc32)c(-n2c3ccccc3c3cc(C(C)(C)C)ccc32)n1. The number of benzene rings is 7. The van der Waals surface area contributed by atoms with Gasteiger partial charge in [0.25, 0.3) is 0 Å². The van der Waals surface area contributed by atoms with Gasteiger partial charge in [-0.05, 0) is 111 Å². The predicted octanol–water partition coefficient (Wildman–Crippen LogP) is 15.7. The van der Waals surface area contributed by atoms with Crippen molar-refractivity contribution in [2.45, 2.75) is 78.6 Å². The number of hydrogen-bond donors (Lipinski definition) is 0. The van der Waals surface area contributed by atoms with Crippen LogP contribution in [0, 0.1) is 22.7 Å². The van der Waals surface area contributed by atoms with E-state index in [0.717, 1.165) is 93.9 Å². The van der Waals surface area contributed by atoms with Crippen molar-refractivity contribution >= 4 is 65.4 Å². The van der Waals surface area contributed by atoms with Crippen LogP contribution in [-0.2, 0) is 16.2 Å². The predicted molar refractivity (Wildman–Crippen MR) is 278 cm³/mol. The molecule has 0 atom stereocenters. The van der Waals surface area contributed by atoms with E-state index in [-0.39, 0.29) is 16.2 Å². The number of rotatable bonds is 4. The summed E-state index contributed by atoms with van der Waals surface area (Å²) in [4.78, 5) is 5.98. The van der Waals surface area contributed by atoms with E-state index in [1.54, 1.807) is 6.07 Å². The molecule has 0 fully saturated rings. The molecule has 67 heavy (non-hydrogen) atoms. The van der Waals surface area contributed by atoms with E-state index in [1.807, 2.05) is 12.1 Å². The van der Waals surface area contributed by atoms with Gasteiger partial charge in [0, 0.05) is 37.9 Å². The molecule has 7 aromatic carbocycles. The van der Waals surface area contributed by atoms with E-state index in [2.05, 4.69) is 222 Å². The lowest BCUT2D eigenvalue weighted by atomic mass is 9.86. The Balaban J connectivity index is 1.38. The molecule has 0 aliphatic carbocycles. The third-order valence-electron chi connectivity index (χ3n) is 13.8. The summed E-state index contributed by atoms with van der Waals surface area (Å²) in [5.41, 5.74) is 13.0. The maximum Gasteiger partial charge on any atom is 0.165 e. The van der Waals surface area contributed by atoms with Gasteiger partial charge >= 0.3 is 0 Å².